The molecule has 1 fully saturated rings. The van der Waals surface area contributed by atoms with Gasteiger partial charge in [-0.2, -0.15) is 0 Å². The molecule has 0 spiro atoms. The molecule has 1 amide bonds. The van der Waals surface area contributed by atoms with Crippen LogP contribution in [0.2, 0.25) is 5.02 Å². The lowest BCUT2D eigenvalue weighted by Crippen LogP contribution is -2.36. The Hall–Kier alpha value is -2.07. The van der Waals surface area contributed by atoms with E-state index in [1.807, 2.05) is 23.1 Å². The number of piperidine rings is 1. The van der Waals surface area contributed by atoms with Gasteiger partial charge in [0.1, 0.15) is 0 Å². The van der Waals surface area contributed by atoms with Crippen molar-refractivity contribution in [1.29, 1.82) is 0 Å². The van der Waals surface area contributed by atoms with Crippen LogP contribution < -0.4 is 4.90 Å². The average Bonchev–Trinajstić information content (AvgIpc) is 2.67. The molecule has 1 saturated heterocycles. The fraction of sp³-hybridized carbons (Fsp3) is 0.400. The summed E-state index contributed by atoms with van der Waals surface area (Å²) < 4.78 is 0. The predicted octanol–water partition coefficient (Wildman–Crippen LogP) is 3.92. The highest BCUT2D eigenvalue weighted by Gasteiger charge is 2.23. The Morgan fingerprint density at radius 1 is 1.04 bits per heavy atom. The lowest BCUT2D eigenvalue weighted by Gasteiger charge is -2.30. The van der Waals surface area contributed by atoms with Crippen molar-refractivity contribution < 1.29 is 4.79 Å². The minimum atomic E-state index is 0.0795. The molecule has 25 heavy (non-hydrogen) atoms. The van der Waals surface area contributed by atoms with Gasteiger partial charge in [0.25, 0.3) is 5.91 Å². The zero-order chi connectivity index (χ0) is 17.2. The maximum absolute atomic E-state index is 12.8. The average molecular weight is 356 g/mol. The van der Waals surface area contributed by atoms with Crippen molar-refractivity contribution in [2.75, 3.05) is 24.5 Å². The molecule has 2 aliphatic heterocycles. The number of carbonyl (C=O) groups excluding carboxylic acids is 1. The van der Waals surface area contributed by atoms with Crippen LogP contribution in [0.15, 0.2) is 36.5 Å². The maximum atomic E-state index is 12.8. The van der Waals surface area contributed by atoms with Crippen LogP contribution in [0, 0.1) is 0 Å². The molecule has 0 saturated carbocycles. The monoisotopic (exact) mass is 355 g/mol. The van der Waals surface area contributed by atoms with Gasteiger partial charge in [-0.05, 0) is 55.2 Å². The van der Waals surface area contributed by atoms with Gasteiger partial charge < -0.3 is 9.80 Å². The number of halogens is 1. The van der Waals surface area contributed by atoms with Gasteiger partial charge in [0.15, 0.2) is 0 Å². The molecule has 1 aromatic heterocycles. The second-order valence-electron chi connectivity index (χ2n) is 6.83. The van der Waals surface area contributed by atoms with Crippen LogP contribution in [0.1, 0.15) is 40.9 Å². The molecule has 5 heteroatoms. The quantitative estimate of drug-likeness (QED) is 0.819. The largest absolute Gasteiger partial charge is 0.372 e. The number of amides is 1. The van der Waals surface area contributed by atoms with Crippen LogP contribution >= 0.6 is 11.6 Å². The molecule has 0 atom stereocenters. The van der Waals surface area contributed by atoms with Gasteiger partial charge in [0.2, 0.25) is 0 Å². The maximum Gasteiger partial charge on any atom is 0.254 e. The highest BCUT2D eigenvalue weighted by atomic mass is 35.5. The molecular weight excluding hydrogens is 334 g/mol. The first kappa shape index (κ1) is 16.4. The Bertz CT molecular complexity index is 769. The molecule has 0 radical (unpaired) electrons. The van der Waals surface area contributed by atoms with E-state index in [1.54, 1.807) is 6.20 Å². The summed E-state index contributed by atoms with van der Waals surface area (Å²) in [5.41, 5.74) is 4.07. The van der Waals surface area contributed by atoms with Gasteiger partial charge in [-0.3, -0.25) is 9.78 Å². The van der Waals surface area contributed by atoms with Gasteiger partial charge in [-0.1, -0.05) is 11.6 Å². The third kappa shape index (κ3) is 3.49. The Morgan fingerprint density at radius 3 is 2.56 bits per heavy atom. The number of pyridine rings is 1. The second kappa shape index (κ2) is 7.04. The lowest BCUT2D eigenvalue weighted by molar-refractivity contribution is 0.0733. The fourth-order valence-corrected chi connectivity index (χ4v) is 3.90. The van der Waals surface area contributed by atoms with Gasteiger partial charge >= 0.3 is 0 Å². The van der Waals surface area contributed by atoms with Crippen LogP contribution in [0.25, 0.3) is 0 Å². The van der Waals surface area contributed by atoms with E-state index in [-0.39, 0.29) is 5.91 Å². The standard InChI is InChI=1S/C20H22ClN3O/c21-17-12-16-14-24(11-8-19(16)22-13-17)20(25)15-4-6-18(7-5-15)23-9-2-1-3-10-23/h4-7,12-13H,1-3,8-11,14H2. The smallest absolute Gasteiger partial charge is 0.254 e. The number of anilines is 1. The molecule has 0 aliphatic carbocycles. The van der Waals surface area contributed by atoms with Crippen LogP contribution in [0.3, 0.4) is 0 Å². The normalized spacial score (nSPS) is 17.3. The summed E-state index contributed by atoms with van der Waals surface area (Å²) in [4.78, 5) is 21.5. The topological polar surface area (TPSA) is 36.4 Å². The summed E-state index contributed by atoms with van der Waals surface area (Å²) in [5, 5.41) is 0.624. The van der Waals surface area contributed by atoms with Crippen molar-refractivity contribution in [2.24, 2.45) is 0 Å². The third-order valence-electron chi connectivity index (χ3n) is 5.13. The molecule has 4 nitrogen and oxygen atoms in total. The van der Waals surface area contributed by atoms with Crippen molar-refractivity contribution in [3.8, 4) is 0 Å². The van der Waals surface area contributed by atoms with E-state index in [2.05, 4.69) is 22.0 Å². The van der Waals surface area contributed by atoms with Crippen molar-refractivity contribution in [3.63, 3.8) is 0 Å². The van der Waals surface area contributed by atoms with E-state index in [0.29, 0.717) is 18.1 Å². The third-order valence-corrected chi connectivity index (χ3v) is 5.34. The van der Waals surface area contributed by atoms with E-state index in [1.165, 1.54) is 24.9 Å². The summed E-state index contributed by atoms with van der Waals surface area (Å²) in [6.45, 7) is 3.51. The molecule has 130 valence electrons. The van der Waals surface area contributed by atoms with Crippen LogP contribution in [-0.2, 0) is 13.0 Å². The summed E-state index contributed by atoms with van der Waals surface area (Å²) >= 11 is 6.04. The van der Waals surface area contributed by atoms with E-state index in [0.717, 1.165) is 36.3 Å². The molecule has 3 heterocycles. The number of aromatic nitrogens is 1. The summed E-state index contributed by atoms with van der Waals surface area (Å²) in [6.07, 6.45) is 6.29. The summed E-state index contributed by atoms with van der Waals surface area (Å²) in [6, 6.07) is 9.99. The number of hydrogen-bond donors (Lipinski definition) is 0. The van der Waals surface area contributed by atoms with Gasteiger partial charge in [0.05, 0.1) is 5.02 Å². The van der Waals surface area contributed by atoms with E-state index >= 15 is 0 Å². The fourth-order valence-electron chi connectivity index (χ4n) is 3.72. The van der Waals surface area contributed by atoms with E-state index in [4.69, 9.17) is 11.6 Å². The first-order valence-corrected chi connectivity index (χ1v) is 9.36. The van der Waals surface area contributed by atoms with Gasteiger partial charge in [-0.25, -0.2) is 0 Å². The van der Waals surface area contributed by atoms with Crippen molar-refractivity contribution in [2.45, 2.75) is 32.2 Å². The highest BCUT2D eigenvalue weighted by Crippen LogP contribution is 2.24. The Morgan fingerprint density at radius 2 is 1.80 bits per heavy atom. The van der Waals surface area contributed by atoms with Crippen LogP contribution in [0.4, 0.5) is 5.69 Å². The minimum absolute atomic E-state index is 0.0795. The first-order chi connectivity index (χ1) is 12.2. The predicted molar refractivity (Wildman–Crippen MR) is 100 cm³/mol. The van der Waals surface area contributed by atoms with Gasteiger partial charge in [0, 0.05) is 55.7 Å². The summed E-state index contributed by atoms with van der Waals surface area (Å²) in [5.74, 6) is 0.0795. The Kier molecular flexibility index (Phi) is 4.62. The summed E-state index contributed by atoms with van der Waals surface area (Å²) in [7, 11) is 0. The molecule has 2 aliphatic rings. The highest BCUT2D eigenvalue weighted by molar-refractivity contribution is 6.30. The van der Waals surface area contributed by atoms with E-state index < -0.39 is 0 Å². The number of nitrogens with zero attached hydrogens (tertiary/aromatic N) is 3. The number of rotatable bonds is 2. The van der Waals surface area contributed by atoms with Crippen molar-refractivity contribution >= 4 is 23.2 Å². The molecular formula is C20H22ClN3O. The molecule has 0 N–H and O–H groups in total. The number of fused-ring (bicyclic) bond motifs is 1. The molecule has 2 aromatic rings. The number of hydrogen-bond acceptors (Lipinski definition) is 3. The molecule has 0 bridgehead atoms. The number of benzene rings is 1. The Labute approximate surface area is 153 Å². The second-order valence-corrected chi connectivity index (χ2v) is 7.27. The lowest BCUT2D eigenvalue weighted by atomic mass is 10.0. The minimum Gasteiger partial charge on any atom is -0.372 e. The number of carbonyl (C=O) groups is 1. The molecule has 0 unspecified atom stereocenters. The van der Waals surface area contributed by atoms with Crippen LogP contribution in [0.5, 0.6) is 0 Å². The molecule has 1 aromatic carbocycles. The van der Waals surface area contributed by atoms with Gasteiger partial charge in [-0.15, -0.1) is 0 Å². The van der Waals surface area contributed by atoms with E-state index in [9.17, 15) is 4.79 Å². The zero-order valence-electron chi connectivity index (χ0n) is 14.2. The van der Waals surface area contributed by atoms with Crippen molar-refractivity contribution in [3.05, 3.63) is 58.4 Å². The van der Waals surface area contributed by atoms with Crippen LogP contribution in [-0.4, -0.2) is 35.4 Å². The Balaban J connectivity index is 1.47. The SMILES string of the molecule is O=C(c1ccc(N2CCCCC2)cc1)N1CCc2ncc(Cl)cc2C1. The van der Waals surface area contributed by atoms with Crippen molar-refractivity contribution in [1.82, 2.24) is 9.88 Å². The molecule has 4 rings (SSSR count). The zero-order valence-corrected chi connectivity index (χ0v) is 15.0. The first-order valence-electron chi connectivity index (χ1n) is 8.98.